The summed E-state index contributed by atoms with van der Waals surface area (Å²) in [5, 5.41) is 14.0. The average molecular weight is 427 g/mol. The molecule has 0 unspecified atom stereocenters. The van der Waals surface area contributed by atoms with Gasteiger partial charge in [0.15, 0.2) is 5.65 Å². The van der Waals surface area contributed by atoms with Gasteiger partial charge in [0.05, 0.1) is 22.5 Å². The molecule has 8 heteroatoms. The molecular weight excluding hydrogens is 400 g/mol. The molecule has 0 saturated carbocycles. The van der Waals surface area contributed by atoms with Crippen LogP contribution in [-0.2, 0) is 11.3 Å². The van der Waals surface area contributed by atoms with Crippen LogP contribution in [0, 0.1) is 6.92 Å². The minimum atomic E-state index is -0.634. The van der Waals surface area contributed by atoms with E-state index in [1.807, 2.05) is 46.0 Å². The molecule has 7 nitrogen and oxygen atoms in total. The van der Waals surface area contributed by atoms with Crippen molar-refractivity contribution in [3.05, 3.63) is 40.7 Å². The molecule has 4 aromatic rings. The van der Waals surface area contributed by atoms with Gasteiger partial charge in [-0.25, -0.2) is 18.9 Å². The molecule has 0 aliphatic carbocycles. The third-order valence-electron chi connectivity index (χ3n) is 4.87. The SMILES string of the molecule is Cc1cc(-c2c(C(C)C)c3sc(CO)cc3n2C(=O)OC(C)(C)C)cn2ncnc12. The van der Waals surface area contributed by atoms with Crippen LogP contribution in [0.15, 0.2) is 24.7 Å². The molecule has 158 valence electrons. The first-order valence-electron chi connectivity index (χ1n) is 9.92. The highest BCUT2D eigenvalue weighted by molar-refractivity contribution is 7.19. The molecule has 0 amide bonds. The summed E-state index contributed by atoms with van der Waals surface area (Å²) in [5.41, 5.74) is 4.60. The van der Waals surface area contributed by atoms with E-state index >= 15 is 0 Å². The summed E-state index contributed by atoms with van der Waals surface area (Å²) in [6.07, 6.45) is 2.98. The van der Waals surface area contributed by atoms with E-state index in [1.165, 1.54) is 17.7 Å². The second-order valence-electron chi connectivity index (χ2n) is 8.76. The highest BCUT2D eigenvalue weighted by Crippen LogP contribution is 2.43. The zero-order valence-corrected chi connectivity index (χ0v) is 18.9. The average Bonchev–Trinajstić information content (AvgIpc) is 3.32. The van der Waals surface area contributed by atoms with Crippen molar-refractivity contribution in [2.24, 2.45) is 0 Å². The Morgan fingerprint density at radius 3 is 2.67 bits per heavy atom. The number of aromatic nitrogens is 4. The van der Waals surface area contributed by atoms with Crippen LogP contribution in [-0.4, -0.2) is 36.0 Å². The van der Waals surface area contributed by atoms with Crippen LogP contribution in [0.3, 0.4) is 0 Å². The molecule has 0 aliphatic heterocycles. The van der Waals surface area contributed by atoms with Gasteiger partial charge in [0.2, 0.25) is 0 Å². The van der Waals surface area contributed by atoms with Gasteiger partial charge in [-0.15, -0.1) is 11.3 Å². The molecule has 0 bridgehead atoms. The van der Waals surface area contributed by atoms with Crippen LogP contribution in [0.1, 0.15) is 56.5 Å². The van der Waals surface area contributed by atoms with Crippen molar-refractivity contribution < 1.29 is 14.6 Å². The van der Waals surface area contributed by atoms with E-state index in [9.17, 15) is 9.90 Å². The Bertz CT molecular complexity index is 1260. The number of nitrogens with zero attached hydrogens (tertiary/aromatic N) is 4. The van der Waals surface area contributed by atoms with Crippen molar-refractivity contribution >= 4 is 33.3 Å². The Labute approximate surface area is 178 Å². The number of aryl methyl sites for hydroxylation is 1. The number of carbonyl (C=O) groups is 1. The van der Waals surface area contributed by atoms with E-state index in [4.69, 9.17) is 4.74 Å². The number of rotatable bonds is 3. The predicted molar refractivity (Wildman–Crippen MR) is 118 cm³/mol. The van der Waals surface area contributed by atoms with E-state index < -0.39 is 11.7 Å². The van der Waals surface area contributed by atoms with Crippen molar-refractivity contribution in [3.8, 4) is 11.3 Å². The summed E-state index contributed by atoms with van der Waals surface area (Å²) in [6.45, 7) is 11.7. The van der Waals surface area contributed by atoms with Gasteiger partial charge < -0.3 is 9.84 Å². The number of fused-ring (bicyclic) bond motifs is 2. The Morgan fingerprint density at radius 2 is 2.03 bits per heavy atom. The fourth-order valence-electron chi connectivity index (χ4n) is 3.76. The van der Waals surface area contributed by atoms with Gasteiger partial charge in [-0.1, -0.05) is 13.8 Å². The summed E-state index contributed by atoms with van der Waals surface area (Å²) in [5.74, 6) is 0.156. The third kappa shape index (κ3) is 3.40. The van der Waals surface area contributed by atoms with E-state index in [1.54, 1.807) is 9.08 Å². The summed E-state index contributed by atoms with van der Waals surface area (Å²) >= 11 is 1.51. The van der Waals surface area contributed by atoms with Gasteiger partial charge in [-0.05, 0) is 56.9 Å². The Balaban J connectivity index is 2.07. The number of carbonyl (C=O) groups excluding carboxylic acids is 1. The summed E-state index contributed by atoms with van der Waals surface area (Å²) in [4.78, 5) is 18.5. The van der Waals surface area contributed by atoms with Gasteiger partial charge in [-0.3, -0.25) is 0 Å². The van der Waals surface area contributed by atoms with Gasteiger partial charge in [-0.2, -0.15) is 5.10 Å². The van der Waals surface area contributed by atoms with E-state index in [2.05, 4.69) is 23.9 Å². The molecule has 4 heterocycles. The standard InChI is InChI=1S/C22H26N4O3S/c1-12(2)17-18(14-7-13(3)20-23-11-24-25(20)9-14)26(21(28)29-22(4,5)6)16-8-15(10-27)30-19(16)17/h7-9,11-12,27H,10H2,1-6H3. The smallest absolute Gasteiger partial charge is 0.419 e. The van der Waals surface area contributed by atoms with Gasteiger partial charge >= 0.3 is 6.09 Å². The van der Waals surface area contributed by atoms with Gasteiger partial charge in [0.1, 0.15) is 11.9 Å². The topological polar surface area (TPSA) is 81.7 Å². The van der Waals surface area contributed by atoms with Crippen molar-refractivity contribution in [2.75, 3.05) is 0 Å². The number of thiophene rings is 1. The van der Waals surface area contributed by atoms with Gasteiger partial charge in [0, 0.05) is 16.6 Å². The van der Waals surface area contributed by atoms with Crippen LogP contribution in [0.25, 0.3) is 27.1 Å². The van der Waals surface area contributed by atoms with Crippen molar-refractivity contribution in [1.29, 1.82) is 0 Å². The zero-order chi connectivity index (χ0) is 21.8. The first-order valence-corrected chi connectivity index (χ1v) is 10.7. The Hall–Kier alpha value is -2.71. The van der Waals surface area contributed by atoms with E-state index in [0.29, 0.717) is 0 Å². The molecule has 0 saturated heterocycles. The zero-order valence-electron chi connectivity index (χ0n) is 18.1. The van der Waals surface area contributed by atoms with Crippen LogP contribution in [0.4, 0.5) is 4.79 Å². The highest BCUT2D eigenvalue weighted by atomic mass is 32.1. The molecule has 0 atom stereocenters. The molecule has 4 aromatic heterocycles. The quantitative estimate of drug-likeness (QED) is 0.492. The van der Waals surface area contributed by atoms with Gasteiger partial charge in [0.25, 0.3) is 0 Å². The lowest BCUT2D eigenvalue weighted by atomic mass is 9.99. The maximum atomic E-state index is 13.3. The first-order chi connectivity index (χ1) is 14.1. The number of hydrogen-bond donors (Lipinski definition) is 1. The molecule has 0 aromatic carbocycles. The summed E-state index contributed by atoms with van der Waals surface area (Å²) < 4.78 is 10.1. The normalized spacial score (nSPS) is 12.4. The van der Waals surface area contributed by atoms with Crippen LogP contribution < -0.4 is 0 Å². The molecule has 0 spiro atoms. The lowest BCUT2D eigenvalue weighted by molar-refractivity contribution is 0.0547. The minimum Gasteiger partial charge on any atom is -0.443 e. The summed E-state index contributed by atoms with van der Waals surface area (Å²) in [6, 6.07) is 3.91. The van der Waals surface area contributed by atoms with E-state index in [-0.39, 0.29) is 12.5 Å². The molecule has 0 fully saturated rings. The molecular formula is C22H26N4O3S. The third-order valence-corrected chi connectivity index (χ3v) is 6.01. The van der Waals surface area contributed by atoms with Crippen molar-refractivity contribution in [3.63, 3.8) is 0 Å². The second kappa shape index (κ2) is 7.21. The first kappa shape index (κ1) is 20.6. The Morgan fingerprint density at radius 1 is 1.30 bits per heavy atom. The Kier molecular flexibility index (Phi) is 4.94. The number of ether oxygens (including phenoxy) is 1. The molecule has 4 rings (SSSR count). The van der Waals surface area contributed by atoms with Crippen LogP contribution >= 0.6 is 11.3 Å². The number of pyridine rings is 1. The number of aliphatic hydroxyl groups excluding tert-OH is 1. The molecule has 0 aliphatic rings. The molecule has 0 radical (unpaired) electrons. The fraction of sp³-hybridized carbons (Fsp3) is 0.409. The molecule has 30 heavy (non-hydrogen) atoms. The predicted octanol–water partition coefficient (Wildman–Crippen LogP) is 5.12. The number of hydrogen-bond acceptors (Lipinski definition) is 6. The van der Waals surface area contributed by atoms with Crippen LogP contribution in [0.2, 0.25) is 0 Å². The maximum Gasteiger partial charge on any atom is 0.419 e. The second-order valence-corrected chi connectivity index (χ2v) is 9.89. The maximum absolute atomic E-state index is 13.3. The van der Waals surface area contributed by atoms with Crippen molar-refractivity contribution in [1.82, 2.24) is 19.2 Å². The van der Waals surface area contributed by atoms with E-state index in [0.717, 1.165) is 43.1 Å². The minimum absolute atomic E-state index is 0.0649. The largest absolute Gasteiger partial charge is 0.443 e. The van der Waals surface area contributed by atoms with Crippen LogP contribution in [0.5, 0.6) is 0 Å². The number of aliphatic hydroxyl groups is 1. The fourth-order valence-corrected chi connectivity index (χ4v) is 4.95. The lowest BCUT2D eigenvalue weighted by Crippen LogP contribution is -2.27. The summed E-state index contributed by atoms with van der Waals surface area (Å²) in [7, 11) is 0. The highest BCUT2D eigenvalue weighted by Gasteiger charge is 2.29. The van der Waals surface area contributed by atoms with Crippen molar-refractivity contribution in [2.45, 2.75) is 59.7 Å². The monoisotopic (exact) mass is 426 g/mol. The lowest BCUT2D eigenvalue weighted by Gasteiger charge is -2.21. The molecule has 1 N–H and O–H groups in total.